The van der Waals surface area contributed by atoms with E-state index in [4.69, 9.17) is 7.58 Å². The SMILES string of the molecule is c1ccc(-c2cccc([O][Al][O]c3cccc4cccnc34)c2)cc1. The van der Waals surface area contributed by atoms with Crippen LogP contribution in [0.25, 0.3) is 22.0 Å². The molecule has 0 unspecified atom stereocenters. The van der Waals surface area contributed by atoms with Crippen LogP contribution >= 0.6 is 0 Å². The van der Waals surface area contributed by atoms with Crippen LogP contribution in [0, 0.1) is 0 Å². The zero-order valence-electron chi connectivity index (χ0n) is 13.5. The third kappa shape index (κ3) is 3.66. The summed E-state index contributed by atoms with van der Waals surface area (Å²) < 4.78 is 11.7. The van der Waals surface area contributed by atoms with Crippen LogP contribution in [0.1, 0.15) is 0 Å². The van der Waals surface area contributed by atoms with Gasteiger partial charge in [0.2, 0.25) is 0 Å². The molecule has 0 aliphatic heterocycles. The van der Waals surface area contributed by atoms with Gasteiger partial charge in [0, 0.05) is 11.6 Å². The molecule has 3 aromatic carbocycles. The summed E-state index contributed by atoms with van der Waals surface area (Å²) in [5.41, 5.74) is 3.16. The van der Waals surface area contributed by atoms with E-state index < -0.39 is 15.9 Å². The lowest BCUT2D eigenvalue weighted by Gasteiger charge is -2.11. The van der Waals surface area contributed by atoms with Gasteiger partial charge >= 0.3 is 15.9 Å². The van der Waals surface area contributed by atoms with E-state index in [9.17, 15) is 0 Å². The number of aromatic nitrogens is 1. The smallest absolute Gasteiger partial charge is 0.616 e. The number of nitrogens with zero attached hydrogens (tertiary/aromatic N) is 1. The second-order valence-electron chi connectivity index (χ2n) is 5.56. The van der Waals surface area contributed by atoms with E-state index in [1.165, 1.54) is 5.56 Å². The summed E-state index contributed by atoms with van der Waals surface area (Å²) >= 11 is -0.672. The number of rotatable bonds is 5. The van der Waals surface area contributed by atoms with Gasteiger partial charge in [0.15, 0.2) is 0 Å². The van der Waals surface area contributed by atoms with Crippen molar-refractivity contribution in [2.24, 2.45) is 0 Å². The van der Waals surface area contributed by atoms with Gasteiger partial charge < -0.3 is 7.58 Å². The van der Waals surface area contributed by atoms with Crippen molar-refractivity contribution in [2.45, 2.75) is 0 Å². The third-order valence-electron chi connectivity index (χ3n) is 3.90. The Bertz CT molecular complexity index is 984. The molecular weight excluding hydrogens is 325 g/mol. The fourth-order valence-corrected chi connectivity index (χ4v) is 3.28. The minimum Gasteiger partial charge on any atom is -0.616 e. The lowest BCUT2D eigenvalue weighted by atomic mass is 10.1. The zero-order chi connectivity index (χ0) is 16.9. The van der Waals surface area contributed by atoms with Crippen molar-refractivity contribution >= 4 is 26.8 Å². The van der Waals surface area contributed by atoms with Gasteiger partial charge in [0.25, 0.3) is 0 Å². The molecule has 0 aliphatic rings. The topological polar surface area (TPSA) is 31.4 Å². The maximum absolute atomic E-state index is 5.87. The monoisotopic (exact) mass is 340 g/mol. The van der Waals surface area contributed by atoms with E-state index in [0.29, 0.717) is 0 Å². The quantitative estimate of drug-likeness (QED) is 0.485. The number of hydrogen-bond acceptors (Lipinski definition) is 3. The minimum absolute atomic E-state index is 0.672. The average Bonchev–Trinajstić information content (AvgIpc) is 2.69. The van der Waals surface area contributed by atoms with Crippen molar-refractivity contribution < 1.29 is 7.58 Å². The summed E-state index contributed by atoms with van der Waals surface area (Å²) in [5, 5.41) is 1.06. The van der Waals surface area contributed by atoms with Crippen molar-refractivity contribution in [1.82, 2.24) is 4.98 Å². The third-order valence-corrected chi connectivity index (χ3v) is 4.61. The Morgan fingerprint density at radius 1 is 0.680 bits per heavy atom. The fraction of sp³-hybridized carbons (Fsp3) is 0. The van der Waals surface area contributed by atoms with Crippen LogP contribution < -0.4 is 7.58 Å². The molecule has 25 heavy (non-hydrogen) atoms. The van der Waals surface area contributed by atoms with E-state index in [0.717, 1.165) is 28.0 Å². The number of para-hydroxylation sites is 1. The van der Waals surface area contributed by atoms with Crippen LogP contribution in [0.5, 0.6) is 11.5 Å². The molecule has 119 valence electrons. The van der Waals surface area contributed by atoms with Crippen LogP contribution in [-0.2, 0) is 0 Å². The van der Waals surface area contributed by atoms with E-state index in [1.807, 2.05) is 66.7 Å². The van der Waals surface area contributed by atoms with E-state index >= 15 is 0 Å². The van der Waals surface area contributed by atoms with Crippen molar-refractivity contribution in [3.63, 3.8) is 0 Å². The first-order chi connectivity index (χ1) is 12.4. The molecule has 1 aromatic heterocycles. The Morgan fingerprint density at radius 2 is 1.48 bits per heavy atom. The number of benzene rings is 3. The van der Waals surface area contributed by atoms with Crippen molar-refractivity contribution in [2.75, 3.05) is 0 Å². The fourth-order valence-electron chi connectivity index (χ4n) is 2.68. The van der Waals surface area contributed by atoms with Crippen LogP contribution in [0.2, 0.25) is 0 Å². The summed E-state index contributed by atoms with van der Waals surface area (Å²) in [6.07, 6.45) is 1.77. The molecule has 0 amide bonds. The molecule has 1 heterocycles. The van der Waals surface area contributed by atoms with Crippen molar-refractivity contribution in [1.29, 1.82) is 0 Å². The molecule has 0 aliphatic carbocycles. The van der Waals surface area contributed by atoms with E-state index in [2.05, 4.69) is 23.2 Å². The molecule has 4 heteroatoms. The molecule has 4 aromatic rings. The Morgan fingerprint density at radius 3 is 2.40 bits per heavy atom. The van der Waals surface area contributed by atoms with Gasteiger partial charge in [0.1, 0.15) is 11.3 Å². The number of fused-ring (bicyclic) bond motifs is 1. The molecule has 0 atom stereocenters. The van der Waals surface area contributed by atoms with Gasteiger partial charge in [0.05, 0.1) is 5.75 Å². The van der Waals surface area contributed by atoms with E-state index in [-0.39, 0.29) is 0 Å². The van der Waals surface area contributed by atoms with Gasteiger partial charge in [-0.25, -0.2) is 0 Å². The standard InChI is InChI=1S/C12H10O.C9H7NO.Al/c13-12-8-4-7-11(9-12)10-5-2-1-3-6-10;11-8-5-1-3-7-4-2-6-10-9(7)8;/h1-9,13H;1-6,11H;/q;;+2/p-2. The molecule has 0 fully saturated rings. The Balaban J connectivity index is 1.47. The first kappa shape index (κ1) is 15.7. The first-order valence-electron chi connectivity index (χ1n) is 8.04. The maximum Gasteiger partial charge on any atom is 0.881 e. The molecule has 0 spiro atoms. The normalized spacial score (nSPS) is 10.4. The summed E-state index contributed by atoms with van der Waals surface area (Å²) in [4.78, 5) is 4.39. The molecular formula is C21H15AlNO2. The summed E-state index contributed by atoms with van der Waals surface area (Å²) in [6.45, 7) is 0. The van der Waals surface area contributed by atoms with Gasteiger partial charge in [-0.3, -0.25) is 4.98 Å². The molecule has 0 bridgehead atoms. The van der Waals surface area contributed by atoms with Gasteiger partial charge in [-0.1, -0.05) is 60.7 Å². The summed E-state index contributed by atoms with van der Waals surface area (Å²) in [5.74, 6) is 1.57. The Hall–Kier alpha value is -2.80. The highest BCUT2D eigenvalue weighted by Gasteiger charge is 2.09. The summed E-state index contributed by atoms with van der Waals surface area (Å²) in [7, 11) is 0. The van der Waals surface area contributed by atoms with Gasteiger partial charge in [-0.15, -0.1) is 0 Å². The molecule has 3 nitrogen and oxygen atoms in total. The predicted molar refractivity (Wildman–Crippen MR) is 101 cm³/mol. The van der Waals surface area contributed by atoms with Gasteiger partial charge in [-0.2, -0.15) is 0 Å². The molecule has 4 rings (SSSR count). The first-order valence-corrected chi connectivity index (χ1v) is 8.99. The van der Waals surface area contributed by atoms with Gasteiger partial charge in [-0.05, 0) is 35.4 Å². The average molecular weight is 340 g/mol. The second-order valence-corrected chi connectivity index (χ2v) is 6.22. The molecule has 0 saturated carbocycles. The Labute approximate surface area is 153 Å². The molecule has 1 radical (unpaired) electrons. The Kier molecular flexibility index (Phi) is 4.65. The lowest BCUT2D eigenvalue weighted by Crippen LogP contribution is -2.11. The second kappa shape index (κ2) is 7.40. The largest absolute Gasteiger partial charge is 0.881 e. The summed E-state index contributed by atoms with van der Waals surface area (Å²) in [6, 6.07) is 28.2. The zero-order valence-corrected chi connectivity index (χ0v) is 14.7. The van der Waals surface area contributed by atoms with Crippen molar-refractivity contribution in [3.8, 4) is 22.6 Å². The molecule has 0 saturated heterocycles. The highest BCUT2D eigenvalue weighted by atomic mass is 27.2. The molecule has 0 N–H and O–H groups in total. The highest BCUT2D eigenvalue weighted by Crippen LogP contribution is 2.25. The lowest BCUT2D eigenvalue weighted by molar-refractivity contribution is 0.461. The van der Waals surface area contributed by atoms with E-state index in [1.54, 1.807) is 6.20 Å². The maximum atomic E-state index is 5.87. The van der Waals surface area contributed by atoms with Crippen LogP contribution in [0.4, 0.5) is 0 Å². The number of pyridine rings is 1. The minimum atomic E-state index is -0.672. The van der Waals surface area contributed by atoms with Crippen LogP contribution in [-0.4, -0.2) is 20.9 Å². The van der Waals surface area contributed by atoms with Crippen molar-refractivity contribution in [3.05, 3.63) is 91.1 Å². The predicted octanol–water partition coefficient (Wildman–Crippen LogP) is 4.89. The highest BCUT2D eigenvalue weighted by molar-refractivity contribution is 6.21. The van der Waals surface area contributed by atoms with Crippen LogP contribution in [0.3, 0.4) is 0 Å². The van der Waals surface area contributed by atoms with Crippen LogP contribution in [0.15, 0.2) is 91.1 Å². The number of hydrogen-bond donors (Lipinski definition) is 0.